The largest absolute Gasteiger partial charge is 0.492 e. The van der Waals surface area contributed by atoms with E-state index in [9.17, 15) is 10.1 Å². The van der Waals surface area contributed by atoms with Crippen molar-refractivity contribution in [2.45, 2.75) is 26.2 Å². The predicted molar refractivity (Wildman–Crippen MR) is 102 cm³/mol. The highest BCUT2D eigenvalue weighted by atomic mass is 16.5. The first-order chi connectivity index (χ1) is 13.0. The number of rotatable bonds is 3. The van der Waals surface area contributed by atoms with Gasteiger partial charge in [-0.3, -0.25) is 0 Å². The van der Waals surface area contributed by atoms with Crippen LogP contribution in [0.4, 0.5) is 10.5 Å². The molecule has 3 rings (SSSR count). The van der Waals surface area contributed by atoms with E-state index in [0.717, 1.165) is 21.6 Å². The standard InChI is InChI=1S/C21H20N4O2/c1-13(2)14-4-6-15(7-5-14)17-10-19(24-21(26)25(3)12-23)18(11-22)16-8-9-27-20(16)17/h4-7,10,13H,8-9H2,1-3H3,(H,24,26). The van der Waals surface area contributed by atoms with Gasteiger partial charge in [-0.05, 0) is 23.1 Å². The lowest BCUT2D eigenvalue weighted by Crippen LogP contribution is -2.27. The van der Waals surface area contributed by atoms with Gasteiger partial charge in [-0.1, -0.05) is 38.1 Å². The van der Waals surface area contributed by atoms with Gasteiger partial charge in [-0.15, -0.1) is 0 Å². The van der Waals surface area contributed by atoms with E-state index in [1.165, 1.54) is 12.6 Å². The summed E-state index contributed by atoms with van der Waals surface area (Å²) in [5, 5.41) is 21.2. The molecule has 0 atom stereocenters. The minimum atomic E-state index is -0.589. The molecule has 1 aliphatic rings. The summed E-state index contributed by atoms with van der Waals surface area (Å²) in [4.78, 5) is 13.0. The number of hydrogen-bond acceptors (Lipinski definition) is 4. The van der Waals surface area contributed by atoms with Crippen molar-refractivity contribution in [2.75, 3.05) is 19.0 Å². The molecule has 6 nitrogen and oxygen atoms in total. The highest BCUT2D eigenvalue weighted by Gasteiger charge is 2.25. The van der Waals surface area contributed by atoms with E-state index in [4.69, 9.17) is 10.00 Å². The van der Waals surface area contributed by atoms with Gasteiger partial charge in [0.25, 0.3) is 0 Å². The summed E-state index contributed by atoms with van der Waals surface area (Å²) in [7, 11) is 1.36. The highest BCUT2D eigenvalue weighted by molar-refractivity contribution is 5.94. The molecule has 27 heavy (non-hydrogen) atoms. The number of anilines is 1. The molecule has 6 heteroatoms. The van der Waals surface area contributed by atoms with Gasteiger partial charge in [0.1, 0.15) is 11.8 Å². The fourth-order valence-corrected chi connectivity index (χ4v) is 3.11. The Labute approximate surface area is 158 Å². The molecular formula is C21H20N4O2. The predicted octanol–water partition coefficient (Wildman–Crippen LogP) is 4.23. The molecule has 1 N–H and O–H groups in total. The van der Waals surface area contributed by atoms with Crippen LogP contribution in [-0.2, 0) is 6.42 Å². The van der Waals surface area contributed by atoms with Crippen molar-refractivity contribution in [3.05, 3.63) is 47.0 Å². The molecule has 1 heterocycles. The number of nitrogens with one attached hydrogen (secondary N) is 1. The zero-order valence-electron chi connectivity index (χ0n) is 15.5. The van der Waals surface area contributed by atoms with Crippen molar-refractivity contribution in [1.29, 1.82) is 10.5 Å². The topological polar surface area (TPSA) is 89.2 Å². The second-order valence-electron chi connectivity index (χ2n) is 6.73. The monoisotopic (exact) mass is 360 g/mol. The van der Waals surface area contributed by atoms with Gasteiger partial charge in [-0.25, -0.2) is 9.69 Å². The minimum Gasteiger partial charge on any atom is -0.492 e. The maximum absolute atomic E-state index is 12.1. The van der Waals surface area contributed by atoms with E-state index in [-0.39, 0.29) is 0 Å². The first-order valence-corrected chi connectivity index (χ1v) is 8.73. The number of fused-ring (bicyclic) bond motifs is 1. The Hall–Kier alpha value is -3.51. The molecule has 2 aromatic rings. The molecule has 0 saturated heterocycles. The van der Waals surface area contributed by atoms with Crippen molar-refractivity contribution in [3.8, 4) is 29.1 Å². The quantitative estimate of drug-likeness (QED) is 0.655. The molecule has 0 radical (unpaired) electrons. The Morgan fingerprint density at radius 3 is 2.56 bits per heavy atom. The molecule has 1 aliphatic heterocycles. The zero-order chi connectivity index (χ0) is 19.6. The lowest BCUT2D eigenvalue weighted by atomic mass is 9.94. The lowest BCUT2D eigenvalue weighted by molar-refractivity contribution is 0.237. The summed E-state index contributed by atoms with van der Waals surface area (Å²) in [5.41, 5.74) is 4.56. The van der Waals surface area contributed by atoms with Gasteiger partial charge in [0.2, 0.25) is 0 Å². The SMILES string of the molecule is CC(C)c1ccc(-c2cc(NC(=O)N(C)C#N)c(C#N)c3c2OCC3)cc1. The smallest absolute Gasteiger partial charge is 0.334 e. The number of ether oxygens (including phenoxy) is 1. The Morgan fingerprint density at radius 1 is 1.26 bits per heavy atom. The number of carbonyl (C=O) groups is 1. The third-order valence-corrected chi connectivity index (χ3v) is 4.67. The molecule has 136 valence electrons. The Morgan fingerprint density at radius 2 is 1.96 bits per heavy atom. The van der Waals surface area contributed by atoms with E-state index in [2.05, 4.69) is 37.4 Å². The Balaban J connectivity index is 2.11. The molecule has 2 amide bonds. The van der Waals surface area contributed by atoms with E-state index < -0.39 is 6.03 Å². The first-order valence-electron chi connectivity index (χ1n) is 8.73. The van der Waals surface area contributed by atoms with Gasteiger partial charge in [0.15, 0.2) is 6.19 Å². The average Bonchev–Trinajstić information content (AvgIpc) is 3.16. The maximum atomic E-state index is 12.1. The first kappa shape index (κ1) is 18.3. The summed E-state index contributed by atoms with van der Waals surface area (Å²) in [6.07, 6.45) is 2.36. The van der Waals surface area contributed by atoms with Crippen molar-refractivity contribution < 1.29 is 9.53 Å². The zero-order valence-corrected chi connectivity index (χ0v) is 15.5. The molecule has 0 fully saturated rings. The molecule has 0 spiro atoms. The van der Waals surface area contributed by atoms with Crippen molar-refractivity contribution >= 4 is 11.7 Å². The van der Waals surface area contributed by atoms with E-state index >= 15 is 0 Å². The average molecular weight is 360 g/mol. The van der Waals surface area contributed by atoms with Gasteiger partial charge in [-0.2, -0.15) is 10.5 Å². The summed E-state index contributed by atoms with van der Waals surface area (Å²) >= 11 is 0. The van der Waals surface area contributed by atoms with Crippen LogP contribution in [0.15, 0.2) is 30.3 Å². The minimum absolute atomic E-state index is 0.379. The third-order valence-electron chi connectivity index (χ3n) is 4.67. The highest BCUT2D eigenvalue weighted by Crippen LogP contribution is 2.42. The van der Waals surface area contributed by atoms with E-state index in [1.54, 1.807) is 12.3 Å². The third kappa shape index (κ3) is 3.43. The van der Waals surface area contributed by atoms with Gasteiger partial charge < -0.3 is 10.1 Å². The van der Waals surface area contributed by atoms with E-state index in [1.807, 2.05) is 12.1 Å². The Bertz CT molecular complexity index is 966. The van der Waals surface area contributed by atoms with E-state index in [0.29, 0.717) is 35.9 Å². The molecule has 0 aliphatic carbocycles. The number of urea groups is 1. The van der Waals surface area contributed by atoms with Gasteiger partial charge in [0, 0.05) is 24.6 Å². The van der Waals surface area contributed by atoms with Crippen LogP contribution in [0.2, 0.25) is 0 Å². The second kappa shape index (κ2) is 7.39. The van der Waals surface area contributed by atoms with Crippen LogP contribution in [0.3, 0.4) is 0 Å². The summed E-state index contributed by atoms with van der Waals surface area (Å²) in [6, 6.07) is 11.5. The molecule has 0 unspecified atom stereocenters. The van der Waals surface area contributed by atoms with Crippen LogP contribution < -0.4 is 10.1 Å². The second-order valence-corrected chi connectivity index (χ2v) is 6.73. The van der Waals surface area contributed by atoms with Gasteiger partial charge in [0.05, 0.1) is 17.9 Å². The fraction of sp³-hybridized carbons (Fsp3) is 0.286. The number of hydrogen-bond donors (Lipinski definition) is 1. The van der Waals surface area contributed by atoms with Crippen LogP contribution in [0, 0.1) is 22.8 Å². The molecule has 0 aromatic heterocycles. The van der Waals surface area contributed by atoms with Crippen LogP contribution in [0.5, 0.6) is 5.75 Å². The normalized spacial score (nSPS) is 11.9. The van der Waals surface area contributed by atoms with Crippen LogP contribution in [-0.4, -0.2) is 24.6 Å². The molecule has 0 saturated carbocycles. The number of benzene rings is 2. The molecular weight excluding hydrogens is 340 g/mol. The van der Waals surface area contributed by atoms with Crippen molar-refractivity contribution in [1.82, 2.24) is 4.90 Å². The summed E-state index contributed by atoms with van der Waals surface area (Å²) < 4.78 is 5.81. The molecule has 2 aromatic carbocycles. The molecule has 0 bridgehead atoms. The van der Waals surface area contributed by atoms with Crippen LogP contribution >= 0.6 is 0 Å². The van der Waals surface area contributed by atoms with Gasteiger partial charge >= 0.3 is 6.03 Å². The number of nitrogens with zero attached hydrogens (tertiary/aromatic N) is 3. The fourth-order valence-electron chi connectivity index (χ4n) is 3.11. The number of amides is 2. The number of nitriles is 2. The summed E-state index contributed by atoms with van der Waals surface area (Å²) in [6.45, 7) is 4.77. The number of carbonyl (C=O) groups excluding carboxylic acids is 1. The maximum Gasteiger partial charge on any atom is 0.334 e. The lowest BCUT2D eigenvalue weighted by Gasteiger charge is -2.16. The summed E-state index contributed by atoms with van der Waals surface area (Å²) in [5.74, 6) is 1.12. The van der Waals surface area contributed by atoms with Crippen LogP contribution in [0.1, 0.15) is 36.5 Å². The van der Waals surface area contributed by atoms with Crippen LogP contribution in [0.25, 0.3) is 11.1 Å². The van der Waals surface area contributed by atoms with Crippen molar-refractivity contribution in [3.63, 3.8) is 0 Å². The van der Waals surface area contributed by atoms with Crippen molar-refractivity contribution in [2.24, 2.45) is 0 Å². The Kier molecular flexibility index (Phi) is 5.00.